The Morgan fingerprint density at radius 2 is 1.86 bits per heavy atom. The average Bonchev–Trinajstić information content (AvgIpc) is 2.38. The van der Waals surface area contributed by atoms with E-state index in [1.165, 1.54) is 6.07 Å². The van der Waals surface area contributed by atoms with E-state index in [2.05, 4.69) is 5.32 Å². The molecule has 1 amide bonds. The van der Waals surface area contributed by atoms with Gasteiger partial charge in [-0.2, -0.15) is 0 Å². The molecule has 0 aliphatic heterocycles. The number of hydrogen-bond donors (Lipinski definition) is 2. The van der Waals surface area contributed by atoms with E-state index >= 15 is 0 Å². The van der Waals surface area contributed by atoms with Crippen molar-refractivity contribution in [3.05, 3.63) is 24.3 Å². The number of carbonyl (C=O) groups is 1. The number of benzene rings is 1. The third-order valence-corrected chi connectivity index (χ3v) is 5.08. The zero-order valence-corrected chi connectivity index (χ0v) is 13.1. The van der Waals surface area contributed by atoms with E-state index in [-0.39, 0.29) is 17.2 Å². The van der Waals surface area contributed by atoms with Gasteiger partial charge in [0, 0.05) is 18.2 Å². The Hall–Kier alpha value is -1.40. The van der Waals surface area contributed by atoms with Gasteiger partial charge >= 0.3 is 0 Å². The number of rotatable bonds is 4. The third-order valence-electron chi connectivity index (χ3n) is 3.92. The van der Waals surface area contributed by atoms with Crippen LogP contribution in [-0.2, 0) is 14.6 Å². The van der Waals surface area contributed by atoms with Crippen LogP contribution in [0.15, 0.2) is 29.2 Å². The first-order chi connectivity index (χ1) is 9.80. The monoisotopic (exact) mass is 310 g/mol. The largest absolute Gasteiger partial charge is 0.325 e. The molecular formula is C15H22N2O3S. The lowest BCUT2D eigenvalue weighted by molar-refractivity contribution is -0.117. The van der Waals surface area contributed by atoms with Crippen LogP contribution in [0.1, 0.15) is 38.5 Å². The molecule has 1 saturated carbocycles. The molecule has 6 heteroatoms. The van der Waals surface area contributed by atoms with Crippen molar-refractivity contribution in [3.8, 4) is 0 Å². The van der Waals surface area contributed by atoms with E-state index in [0.29, 0.717) is 5.69 Å². The summed E-state index contributed by atoms with van der Waals surface area (Å²) in [6, 6.07) is 6.42. The fourth-order valence-corrected chi connectivity index (χ4v) is 3.68. The van der Waals surface area contributed by atoms with Gasteiger partial charge in [0.25, 0.3) is 0 Å². The first kappa shape index (κ1) is 16.0. The third kappa shape index (κ3) is 4.28. The zero-order valence-electron chi connectivity index (χ0n) is 12.3. The van der Waals surface area contributed by atoms with Gasteiger partial charge in [-0.3, -0.25) is 4.79 Å². The summed E-state index contributed by atoms with van der Waals surface area (Å²) in [6.07, 6.45) is 6.29. The molecule has 21 heavy (non-hydrogen) atoms. The van der Waals surface area contributed by atoms with Gasteiger partial charge in [-0.25, -0.2) is 8.42 Å². The summed E-state index contributed by atoms with van der Waals surface area (Å²) in [4.78, 5) is 12.3. The van der Waals surface area contributed by atoms with Crippen LogP contribution in [0.3, 0.4) is 0 Å². The SMILES string of the molecule is CS(=O)(=O)c1ccccc1NC(=O)CC1(N)CCCCC1. The van der Waals surface area contributed by atoms with E-state index in [9.17, 15) is 13.2 Å². The van der Waals surface area contributed by atoms with Crippen LogP contribution in [0.5, 0.6) is 0 Å². The van der Waals surface area contributed by atoms with Gasteiger partial charge in [0.2, 0.25) is 5.91 Å². The quantitative estimate of drug-likeness (QED) is 0.891. The number of nitrogens with two attached hydrogens (primary N) is 1. The lowest BCUT2D eigenvalue weighted by Gasteiger charge is -2.32. The van der Waals surface area contributed by atoms with Crippen LogP contribution < -0.4 is 11.1 Å². The molecule has 1 aromatic carbocycles. The topological polar surface area (TPSA) is 89.3 Å². The van der Waals surface area contributed by atoms with E-state index in [1.54, 1.807) is 18.2 Å². The summed E-state index contributed by atoms with van der Waals surface area (Å²) in [6.45, 7) is 0. The smallest absolute Gasteiger partial charge is 0.226 e. The molecule has 0 bridgehead atoms. The Kier molecular flexibility index (Phi) is 4.68. The van der Waals surface area contributed by atoms with E-state index in [0.717, 1.165) is 38.4 Å². The summed E-state index contributed by atoms with van der Waals surface area (Å²) >= 11 is 0. The van der Waals surface area contributed by atoms with Crippen molar-refractivity contribution < 1.29 is 13.2 Å². The molecule has 0 heterocycles. The van der Waals surface area contributed by atoms with Crippen molar-refractivity contribution in [2.24, 2.45) is 5.73 Å². The summed E-state index contributed by atoms with van der Waals surface area (Å²) in [7, 11) is -3.37. The maximum Gasteiger partial charge on any atom is 0.226 e. The standard InChI is InChI=1S/C15H22N2O3S/c1-21(19,20)13-8-4-3-7-12(13)17-14(18)11-15(16)9-5-2-6-10-15/h3-4,7-8H,2,5-6,9-11,16H2,1H3,(H,17,18). The molecule has 0 atom stereocenters. The minimum Gasteiger partial charge on any atom is -0.325 e. The van der Waals surface area contributed by atoms with Crippen LogP contribution in [-0.4, -0.2) is 26.1 Å². The number of para-hydroxylation sites is 1. The van der Waals surface area contributed by atoms with Crippen molar-refractivity contribution in [2.75, 3.05) is 11.6 Å². The molecular weight excluding hydrogens is 288 g/mol. The maximum atomic E-state index is 12.2. The predicted octanol–water partition coefficient (Wildman–Crippen LogP) is 2.08. The Balaban J connectivity index is 2.10. The number of hydrogen-bond acceptors (Lipinski definition) is 4. The molecule has 0 saturated heterocycles. The number of carbonyl (C=O) groups excluding carboxylic acids is 1. The summed E-state index contributed by atoms with van der Waals surface area (Å²) in [5.41, 5.74) is 6.13. The summed E-state index contributed by atoms with van der Waals surface area (Å²) in [5.74, 6) is -0.226. The molecule has 0 unspecified atom stereocenters. The normalized spacial score (nSPS) is 18.2. The first-order valence-corrected chi connectivity index (χ1v) is 9.07. The van der Waals surface area contributed by atoms with Gasteiger partial charge in [-0.05, 0) is 25.0 Å². The molecule has 0 spiro atoms. The highest BCUT2D eigenvalue weighted by molar-refractivity contribution is 7.90. The second-order valence-electron chi connectivity index (χ2n) is 5.92. The molecule has 3 N–H and O–H groups in total. The number of amides is 1. The van der Waals surface area contributed by atoms with Gasteiger partial charge in [0.05, 0.1) is 10.6 Å². The summed E-state index contributed by atoms with van der Waals surface area (Å²) < 4.78 is 23.4. The van der Waals surface area contributed by atoms with Crippen LogP contribution in [0.4, 0.5) is 5.69 Å². The van der Waals surface area contributed by atoms with Crippen molar-refractivity contribution in [1.82, 2.24) is 0 Å². The average molecular weight is 310 g/mol. The fraction of sp³-hybridized carbons (Fsp3) is 0.533. The predicted molar refractivity (Wildman–Crippen MR) is 82.8 cm³/mol. The van der Waals surface area contributed by atoms with Crippen LogP contribution in [0.25, 0.3) is 0 Å². The van der Waals surface area contributed by atoms with Gasteiger partial charge in [0.15, 0.2) is 9.84 Å². The minimum atomic E-state index is -3.37. The number of anilines is 1. The van der Waals surface area contributed by atoms with Crippen molar-refractivity contribution in [2.45, 2.75) is 49.0 Å². The van der Waals surface area contributed by atoms with Gasteiger partial charge in [0.1, 0.15) is 0 Å². The molecule has 1 aliphatic carbocycles. The van der Waals surface area contributed by atoms with E-state index < -0.39 is 15.4 Å². The highest BCUT2D eigenvalue weighted by Crippen LogP contribution is 2.29. The highest BCUT2D eigenvalue weighted by Gasteiger charge is 2.30. The Morgan fingerprint density at radius 1 is 1.24 bits per heavy atom. The number of nitrogens with one attached hydrogen (secondary N) is 1. The molecule has 0 aromatic heterocycles. The van der Waals surface area contributed by atoms with Gasteiger partial charge in [-0.15, -0.1) is 0 Å². The molecule has 2 rings (SSSR count). The Bertz CT molecular complexity index is 620. The second kappa shape index (κ2) is 6.15. The minimum absolute atomic E-state index is 0.132. The van der Waals surface area contributed by atoms with Crippen molar-refractivity contribution in [3.63, 3.8) is 0 Å². The van der Waals surface area contributed by atoms with Crippen LogP contribution in [0.2, 0.25) is 0 Å². The lowest BCUT2D eigenvalue weighted by Crippen LogP contribution is -2.44. The lowest BCUT2D eigenvalue weighted by atomic mass is 9.80. The van der Waals surface area contributed by atoms with E-state index in [1.807, 2.05) is 0 Å². The first-order valence-electron chi connectivity index (χ1n) is 7.18. The molecule has 116 valence electrons. The Labute approximate surface area is 125 Å². The molecule has 5 nitrogen and oxygen atoms in total. The van der Waals surface area contributed by atoms with Gasteiger partial charge < -0.3 is 11.1 Å². The van der Waals surface area contributed by atoms with Crippen LogP contribution in [0, 0.1) is 0 Å². The molecule has 0 radical (unpaired) electrons. The second-order valence-corrected chi connectivity index (χ2v) is 7.90. The number of sulfone groups is 1. The summed E-state index contributed by atoms with van der Waals surface area (Å²) in [5, 5.41) is 2.69. The van der Waals surface area contributed by atoms with Crippen molar-refractivity contribution >= 4 is 21.4 Å². The maximum absolute atomic E-state index is 12.2. The zero-order chi connectivity index (χ0) is 15.5. The van der Waals surface area contributed by atoms with Gasteiger partial charge in [-0.1, -0.05) is 31.4 Å². The highest BCUT2D eigenvalue weighted by atomic mass is 32.2. The van der Waals surface area contributed by atoms with E-state index in [4.69, 9.17) is 5.73 Å². The van der Waals surface area contributed by atoms with Crippen LogP contribution >= 0.6 is 0 Å². The molecule has 1 aromatic rings. The Morgan fingerprint density at radius 3 is 2.48 bits per heavy atom. The fourth-order valence-electron chi connectivity index (χ4n) is 2.84. The molecule has 1 fully saturated rings. The molecule has 1 aliphatic rings. The van der Waals surface area contributed by atoms with Crippen molar-refractivity contribution in [1.29, 1.82) is 0 Å².